The Morgan fingerprint density at radius 2 is 2.23 bits per heavy atom. The molecule has 2 heterocycles. The Bertz CT molecular complexity index is 624. The summed E-state index contributed by atoms with van der Waals surface area (Å²) in [5.74, 6) is 0.324. The highest BCUT2D eigenvalue weighted by Crippen LogP contribution is 2.11. The zero-order chi connectivity index (χ0) is 15.4. The Balaban J connectivity index is 1.61. The van der Waals surface area contributed by atoms with E-state index in [-0.39, 0.29) is 11.9 Å². The predicted octanol–water partition coefficient (Wildman–Crippen LogP) is 1.05. The molecule has 1 aliphatic heterocycles. The lowest BCUT2D eigenvalue weighted by molar-refractivity contribution is 0.0910. The molecule has 3 rings (SSSR count). The molecule has 1 amide bonds. The lowest BCUT2D eigenvalue weighted by Crippen LogP contribution is -2.50. The fraction of sp³-hybridized carbons (Fsp3) is 0.438. The van der Waals surface area contributed by atoms with E-state index < -0.39 is 0 Å². The molecule has 1 aliphatic rings. The van der Waals surface area contributed by atoms with Gasteiger partial charge in [0.1, 0.15) is 0 Å². The first-order chi connectivity index (χ1) is 10.7. The topological polar surface area (TPSA) is 71.8 Å². The van der Waals surface area contributed by atoms with Crippen LogP contribution in [0.15, 0.2) is 36.5 Å². The van der Waals surface area contributed by atoms with Crippen molar-refractivity contribution in [1.29, 1.82) is 0 Å². The lowest BCUT2D eigenvalue weighted by atomic mass is 9.95. The van der Waals surface area contributed by atoms with E-state index in [1.807, 2.05) is 30.3 Å². The maximum absolute atomic E-state index is 12.3. The standard InChI is InChI=1S/C16H21N5O/c1-12-7-8-17-9-14(12)18-16(22)15-11-21(20-19-15)10-13-5-3-2-4-6-13/h2-6,11-12,14,17H,7-10H2,1H3,(H,18,22). The third-order valence-corrected chi connectivity index (χ3v) is 4.10. The van der Waals surface area contributed by atoms with Crippen molar-refractivity contribution in [2.24, 2.45) is 5.92 Å². The highest BCUT2D eigenvalue weighted by Gasteiger charge is 2.24. The zero-order valence-corrected chi connectivity index (χ0v) is 12.7. The summed E-state index contributed by atoms with van der Waals surface area (Å²) >= 11 is 0. The molecule has 0 bridgehead atoms. The molecule has 0 radical (unpaired) electrons. The molecular weight excluding hydrogens is 278 g/mol. The van der Waals surface area contributed by atoms with Crippen LogP contribution in [0.4, 0.5) is 0 Å². The van der Waals surface area contributed by atoms with Gasteiger partial charge in [0.25, 0.3) is 5.91 Å². The van der Waals surface area contributed by atoms with Gasteiger partial charge in [0.2, 0.25) is 0 Å². The number of nitrogens with one attached hydrogen (secondary N) is 2. The number of rotatable bonds is 4. The summed E-state index contributed by atoms with van der Waals surface area (Å²) < 4.78 is 1.69. The van der Waals surface area contributed by atoms with Crippen LogP contribution >= 0.6 is 0 Å². The second kappa shape index (κ2) is 6.70. The molecular formula is C16H21N5O. The number of benzene rings is 1. The second-order valence-corrected chi connectivity index (χ2v) is 5.84. The summed E-state index contributed by atoms with van der Waals surface area (Å²) in [4.78, 5) is 12.3. The summed E-state index contributed by atoms with van der Waals surface area (Å²) in [6, 6.07) is 10.1. The van der Waals surface area contributed by atoms with E-state index in [0.717, 1.165) is 25.1 Å². The molecule has 0 spiro atoms. The number of carbonyl (C=O) groups excluding carboxylic acids is 1. The van der Waals surface area contributed by atoms with Crippen LogP contribution < -0.4 is 10.6 Å². The lowest BCUT2D eigenvalue weighted by Gasteiger charge is -2.29. The van der Waals surface area contributed by atoms with Gasteiger partial charge in [-0.2, -0.15) is 0 Å². The average molecular weight is 299 g/mol. The molecule has 2 atom stereocenters. The fourth-order valence-electron chi connectivity index (χ4n) is 2.68. The number of piperidine rings is 1. The predicted molar refractivity (Wildman–Crippen MR) is 83.5 cm³/mol. The van der Waals surface area contributed by atoms with Gasteiger partial charge in [0, 0.05) is 12.6 Å². The van der Waals surface area contributed by atoms with Crippen molar-refractivity contribution in [3.63, 3.8) is 0 Å². The van der Waals surface area contributed by atoms with Crippen LogP contribution in [0.3, 0.4) is 0 Å². The van der Waals surface area contributed by atoms with Crippen molar-refractivity contribution in [2.45, 2.75) is 25.9 Å². The zero-order valence-electron chi connectivity index (χ0n) is 12.7. The van der Waals surface area contributed by atoms with Crippen molar-refractivity contribution < 1.29 is 4.79 Å². The highest BCUT2D eigenvalue weighted by atomic mass is 16.2. The first kappa shape index (κ1) is 14.7. The van der Waals surface area contributed by atoms with Gasteiger partial charge in [-0.25, -0.2) is 4.68 Å². The normalized spacial score (nSPS) is 21.5. The summed E-state index contributed by atoms with van der Waals surface area (Å²) in [5, 5.41) is 14.4. The van der Waals surface area contributed by atoms with E-state index >= 15 is 0 Å². The molecule has 116 valence electrons. The molecule has 1 saturated heterocycles. The molecule has 1 fully saturated rings. The summed E-state index contributed by atoms with van der Waals surface area (Å²) in [5.41, 5.74) is 1.50. The minimum absolute atomic E-state index is 0.153. The van der Waals surface area contributed by atoms with Crippen LogP contribution in [0.1, 0.15) is 29.4 Å². The smallest absolute Gasteiger partial charge is 0.273 e. The van der Waals surface area contributed by atoms with Crippen molar-refractivity contribution in [3.8, 4) is 0 Å². The number of amides is 1. The number of carbonyl (C=O) groups is 1. The van der Waals surface area contributed by atoms with Gasteiger partial charge in [-0.05, 0) is 24.4 Å². The van der Waals surface area contributed by atoms with Crippen molar-refractivity contribution >= 4 is 5.91 Å². The second-order valence-electron chi connectivity index (χ2n) is 5.84. The Hall–Kier alpha value is -2.21. The summed E-state index contributed by atoms with van der Waals surface area (Å²) in [7, 11) is 0. The molecule has 1 aromatic heterocycles. The van der Waals surface area contributed by atoms with Crippen molar-refractivity contribution in [1.82, 2.24) is 25.6 Å². The van der Waals surface area contributed by atoms with Crippen LogP contribution in [0, 0.1) is 5.92 Å². The van der Waals surface area contributed by atoms with Gasteiger partial charge < -0.3 is 10.6 Å². The molecule has 2 unspecified atom stereocenters. The maximum Gasteiger partial charge on any atom is 0.273 e. The van der Waals surface area contributed by atoms with Gasteiger partial charge in [-0.1, -0.05) is 42.5 Å². The number of nitrogens with zero attached hydrogens (tertiary/aromatic N) is 3. The fourth-order valence-corrected chi connectivity index (χ4v) is 2.68. The minimum atomic E-state index is -0.153. The Morgan fingerprint density at radius 3 is 3.00 bits per heavy atom. The number of hydrogen-bond acceptors (Lipinski definition) is 4. The van der Waals surface area contributed by atoms with Crippen LogP contribution in [0.25, 0.3) is 0 Å². The molecule has 6 nitrogen and oxygen atoms in total. The highest BCUT2D eigenvalue weighted by molar-refractivity contribution is 5.92. The Labute approximate surface area is 129 Å². The van der Waals surface area contributed by atoms with Crippen LogP contribution in [0.5, 0.6) is 0 Å². The number of hydrogen-bond donors (Lipinski definition) is 2. The molecule has 22 heavy (non-hydrogen) atoms. The molecule has 2 aromatic rings. The molecule has 0 aliphatic carbocycles. The third kappa shape index (κ3) is 3.51. The van der Waals surface area contributed by atoms with Crippen molar-refractivity contribution in [2.75, 3.05) is 13.1 Å². The van der Waals surface area contributed by atoms with E-state index in [1.165, 1.54) is 0 Å². The Morgan fingerprint density at radius 1 is 1.41 bits per heavy atom. The summed E-state index contributed by atoms with van der Waals surface area (Å²) in [6.45, 7) is 4.60. The average Bonchev–Trinajstić information content (AvgIpc) is 2.99. The minimum Gasteiger partial charge on any atom is -0.346 e. The quantitative estimate of drug-likeness (QED) is 0.885. The SMILES string of the molecule is CC1CCNCC1NC(=O)c1cn(Cc2ccccc2)nn1. The van der Waals surface area contributed by atoms with Crippen molar-refractivity contribution in [3.05, 3.63) is 47.8 Å². The third-order valence-electron chi connectivity index (χ3n) is 4.10. The largest absolute Gasteiger partial charge is 0.346 e. The van der Waals surface area contributed by atoms with Gasteiger partial charge in [0.05, 0.1) is 12.7 Å². The molecule has 0 saturated carbocycles. The van der Waals surface area contributed by atoms with E-state index in [1.54, 1.807) is 10.9 Å². The first-order valence-electron chi connectivity index (χ1n) is 7.68. The molecule has 2 N–H and O–H groups in total. The monoisotopic (exact) mass is 299 g/mol. The van der Waals surface area contributed by atoms with E-state index in [9.17, 15) is 4.79 Å². The van der Waals surface area contributed by atoms with Gasteiger partial charge in [-0.3, -0.25) is 4.79 Å². The van der Waals surface area contributed by atoms with Crippen LogP contribution in [-0.2, 0) is 6.54 Å². The first-order valence-corrected chi connectivity index (χ1v) is 7.68. The van der Waals surface area contributed by atoms with Crippen LogP contribution in [0.2, 0.25) is 0 Å². The number of aromatic nitrogens is 3. The molecule has 6 heteroatoms. The maximum atomic E-state index is 12.3. The van der Waals surface area contributed by atoms with Gasteiger partial charge in [-0.15, -0.1) is 5.10 Å². The van der Waals surface area contributed by atoms with Gasteiger partial charge >= 0.3 is 0 Å². The van der Waals surface area contributed by atoms with E-state index in [4.69, 9.17) is 0 Å². The summed E-state index contributed by atoms with van der Waals surface area (Å²) in [6.07, 6.45) is 2.77. The van der Waals surface area contributed by atoms with E-state index in [2.05, 4.69) is 27.9 Å². The molecule has 1 aromatic carbocycles. The van der Waals surface area contributed by atoms with Crippen LogP contribution in [-0.4, -0.2) is 40.0 Å². The van der Waals surface area contributed by atoms with Gasteiger partial charge in [0.15, 0.2) is 5.69 Å². The van der Waals surface area contributed by atoms with E-state index in [0.29, 0.717) is 18.2 Å². The Kier molecular flexibility index (Phi) is 4.48.